The molecule has 0 unspecified atom stereocenters. The van der Waals surface area contributed by atoms with Gasteiger partial charge in [0.15, 0.2) is 11.5 Å². The third-order valence-corrected chi connectivity index (χ3v) is 6.51. The lowest BCUT2D eigenvalue weighted by Gasteiger charge is -2.14. The Labute approximate surface area is 197 Å². The van der Waals surface area contributed by atoms with Crippen LogP contribution in [0.2, 0.25) is 0 Å². The van der Waals surface area contributed by atoms with Gasteiger partial charge in [0.05, 0.1) is 29.1 Å². The summed E-state index contributed by atoms with van der Waals surface area (Å²) in [7, 11) is 0. The first-order valence-electron chi connectivity index (χ1n) is 9.52. The van der Waals surface area contributed by atoms with Crippen LogP contribution in [0.1, 0.15) is 31.4 Å². The average Bonchev–Trinajstić information content (AvgIpc) is 2.96. The van der Waals surface area contributed by atoms with Gasteiger partial charge in [-0.05, 0) is 76.4 Å². The molecule has 1 saturated heterocycles. The molecule has 1 heterocycles. The van der Waals surface area contributed by atoms with E-state index in [1.807, 2.05) is 50.2 Å². The lowest BCUT2D eigenvalue weighted by Crippen LogP contribution is -2.27. The molecule has 0 saturated carbocycles. The maximum Gasteiger partial charge on any atom is 0.293 e. The predicted molar refractivity (Wildman–Crippen MR) is 127 cm³/mol. The standard InChI is InChI=1S/C22H21Br2NO4S/c1-3-9-29-20-17(24)10-14(11-18(20)28-4-2)12-19-21(26)25(22(27)30-19)13-15-7-5-6-8-16(15)23/h5-8,10-12H,3-4,9,13H2,1-2H3/b19-12-. The highest BCUT2D eigenvalue weighted by Gasteiger charge is 2.35. The lowest BCUT2D eigenvalue weighted by atomic mass is 10.1. The van der Waals surface area contributed by atoms with Crippen LogP contribution in [0.5, 0.6) is 11.5 Å². The van der Waals surface area contributed by atoms with Crippen molar-refractivity contribution in [1.82, 2.24) is 4.90 Å². The summed E-state index contributed by atoms with van der Waals surface area (Å²) in [6.45, 7) is 5.22. The van der Waals surface area contributed by atoms with Gasteiger partial charge in [-0.1, -0.05) is 41.1 Å². The van der Waals surface area contributed by atoms with Gasteiger partial charge in [-0.2, -0.15) is 0 Å². The number of nitrogens with zero attached hydrogens (tertiary/aromatic N) is 1. The van der Waals surface area contributed by atoms with E-state index < -0.39 is 0 Å². The SMILES string of the molecule is CCCOc1c(Br)cc(/C=C2\SC(=O)N(Cc3ccccc3Br)C2=O)cc1OCC. The molecule has 2 amide bonds. The Morgan fingerprint density at radius 1 is 1.07 bits per heavy atom. The molecule has 158 valence electrons. The molecule has 0 spiro atoms. The Morgan fingerprint density at radius 2 is 1.83 bits per heavy atom. The zero-order valence-electron chi connectivity index (χ0n) is 16.6. The molecule has 0 bridgehead atoms. The minimum Gasteiger partial charge on any atom is -0.490 e. The zero-order chi connectivity index (χ0) is 21.7. The summed E-state index contributed by atoms with van der Waals surface area (Å²) in [6.07, 6.45) is 2.59. The van der Waals surface area contributed by atoms with Crippen LogP contribution < -0.4 is 9.47 Å². The molecule has 30 heavy (non-hydrogen) atoms. The second kappa shape index (κ2) is 10.5. The van der Waals surface area contributed by atoms with Crippen LogP contribution in [-0.4, -0.2) is 29.3 Å². The minimum atomic E-state index is -0.304. The molecular weight excluding hydrogens is 534 g/mol. The van der Waals surface area contributed by atoms with Gasteiger partial charge >= 0.3 is 0 Å². The van der Waals surface area contributed by atoms with Crippen LogP contribution in [0.25, 0.3) is 6.08 Å². The Morgan fingerprint density at radius 3 is 2.53 bits per heavy atom. The largest absolute Gasteiger partial charge is 0.490 e. The number of halogens is 2. The Balaban J connectivity index is 1.87. The summed E-state index contributed by atoms with van der Waals surface area (Å²) in [5.74, 6) is 0.929. The number of ether oxygens (including phenoxy) is 2. The molecule has 1 aliphatic rings. The number of amides is 2. The first-order valence-corrected chi connectivity index (χ1v) is 11.9. The summed E-state index contributed by atoms with van der Waals surface area (Å²) < 4.78 is 13.1. The van der Waals surface area contributed by atoms with Crippen LogP contribution in [0, 0.1) is 0 Å². The van der Waals surface area contributed by atoms with Crippen molar-refractivity contribution in [2.24, 2.45) is 0 Å². The number of thioether (sulfide) groups is 1. The van der Waals surface area contributed by atoms with Crippen molar-refractivity contribution in [3.8, 4) is 11.5 Å². The van der Waals surface area contributed by atoms with Gasteiger partial charge in [0.1, 0.15) is 0 Å². The van der Waals surface area contributed by atoms with Gasteiger partial charge in [-0.15, -0.1) is 0 Å². The number of carbonyl (C=O) groups excluding carboxylic acids is 2. The van der Waals surface area contributed by atoms with E-state index in [1.165, 1.54) is 4.90 Å². The molecule has 0 N–H and O–H groups in total. The molecule has 2 aromatic carbocycles. The number of rotatable bonds is 8. The quantitative estimate of drug-likeness (QED) is 0.342. The summed E-state index contributed by atoms with van der Waals surface area (Å²) in [4.78, 5) is 27.0. The minimum absolute atomic E-state index is 0.223. The maximum absolute atomic E-state index is 12.9. The summed E-state index contributed by atoms with van der Waals surface area (Å²) in [5, 5.41) is -0.283. The van der Waals surface area contributed by atoms with Crippen molar-refractivity contribution >= 4 is 60.8 Å². The molecule has 5 nitrogen and oxygen atoms in total. The average molecular weight is 555 g/mol. The molecule has 1 fully saturated rings. The maximum atomic E-state index is 12.9. The van der Waals surface area contributed by atoms with Crippen molar-refractivity contribution in [2.45, 2.75) is 26.8 Å². The molecule has 8 heteroatoms. The summed E-state index contributed by atoms with van der Waals surface area (Å²) in [5.41, 5.74) is 1.63. The number of imide groups is 1. The zero-order valence-corrected chi connectivity index (χ0v) is 20.6. The van der Waals surface area contributed by atoms with Gasteiger partial charge in [0.2, 0.25) is 0 Å². The smallest absolute Gasteiger partial charge is 0.293 e. The molecule has 0 radical (unpaired) electrons. The van der Waals surface area contributed by atoms with Crippen LogP contribution in [0.4, 0.5) is 4.79 Å². The Kier molecular flexibility index (Phi) is 8.02. The van der Waals surface area contributed by atoms with Gasteiger partial charge in [0.25, 0.3) is 11.1 Å². The molecular formula is C22H21Br2NO4S. The van der Waals surface area contributed by atoms with E-state index in [0.29, 0.717) is 29.6 Å². The van der Waals surface area contributed by atoms with Crippen LogP contribution in [0.3, 0.4) is 0 Å². The summed E-state index contributed by atoms with van der Waals surface area (Å²) >= 11 is 7.94. The van der Waals surface area contributed by atoms with Crippen molar-refractivity contribution in [3.05, 3.63) is 61.4 Å². The third kappa shape index (κ3) is 5.28. The van der Waals surface area contributed by atoms with E-state index in [4.69, 9.17) is 9.47 Å². The molecule has 0 atom stereocenters. The Bertz CT molecular complexity index is 993. The van der Waals surface area contributed by atoms with Gasteiger partial charge in [-0.25, -0.2) is 0 Å². The molecule has 0 aromatic heterocycles. The fourth-order valence-corrected chi connectivity index (χ4v) is 4.69. The fraction of sp³-hybridized carbons (Fsp3) is 0.273. The number of hydrogen-bond donors (Lipinski definition) is 0. The number of hydrogen-bond acceptors (Lipinski definition) is 5. The van der Waals surface area contributed by atoms with Crippen LogP contribution in [0.15, 0.2) is 50.2 Å². The van der Waals surface area contributed by atoms with Gasteiger partial charge < -0.3 is 9.47 Å². The lowest BCUT2D eigenvalue weighted by molar-refractivity contribution is -0.123. The number of carbonyl (C=O) groups is 2. The monoisotopic (exact) mass is 553 g/mol. The first kappa shape index (κ1) is 22.9. The van der Waals surface area contributed by atoms with Gasteiger partial charge in [-0.3, -0.25) is 14.5 Å². The molecule has 0 aliphatic carbocycles. The van der Waals surface area contributed by atoms with E-state index in [-0.39, 0.29) is 17.7 Å². The fourth-order valence-electron chi connectivity index (χ4n) is 2.86. The Hall–Kier alpha value is -1.77. The topological polar surface area (TPSA) is 55.8 Å². The van der Waals surface area contributed by atoms with Crippen molar-refractivity contribution < 1.29 is 19.1 Å². The van der Waals surface area contributed by atoms with E-state index in [2.05, 4.69) is 31.9 Å². The highest BCUT2D eigenvalue weighted by Crippen LogP contribution is 2.39. The van der Waals surface area contributed by atoms with Crippen molar-refractivity contribution in [3.63, 3.8) is 0 Å². The van der Waals surface area contributed by atoms with E-state index in [1.54, 1.807) is 6.08 Å². The summed E-state index contributed by atoms with van der Waals surface area (Å²) in [6, 6.07) is 11.2. The highest BCUT2D eigenvalue weighted by molar-refractivity contribution is 9.10. The highest BCUT2D eigenvalue weighted by atomic mass is 79.9. The van der Waals surface area contributed by atoms with Gasteiger partial charge in [0, 0.05) is 4.47 Å². The van der Waals surface area contributed by atoms with Crippen LogP contribution in [-0.2, 0) is 11.3 Å². The first-order chi connectivity index (χ1) is 14.4. The molecule has 2 aromatic rings. The second-order valence-corrected chi connectivity index (χ2v) is 9.17. The molecule has 1 aliphatic heterocycles. The van der Waals surface area contributed by atoms with E-state index >= 15 is 0 Å². The second-order valence-electron chi connectivity index (χ2n) is 6.47. The normalized spacial score (nSPS) is 15.2. The number of benzene rings is 2. The van der Waals surface area contributed by atoms with E-state index in [0.717, 1.165) is 38.3 Å². The predicted octanol–water partition coefficient (Wildman–Crippen LogP) is 6.64. The third-order valence-electron chi connectivity index (χ3n) is 4.24. The molecule has 3 rings (SSSR count). The van der Waals surface area contributed by atoms with Crippen molar-refractivity contribution in [2.75, 3.05) is 13.2 Å². The van der Waals surface area contributed by atoms with Crippen molar-refractivity contribution in [1.29, 1.82) is 0 Å². The van der Waals surface area contributed by atoms with E-state index in [9.17, 15) is 9.59 Å². The van der Waals surface area contributed by atoms with Crippen LogP contribution >= 0.6 is 43.6 Å².